The topological polar surface area (TPSA) is 87.7 Å². The summed E-state index contributed by atoms with van der Waals surface area (Å²) in [5.41, 5.74) is 0. The standard InChI is InChI=1S/C23H37N3O4.ClH/c1-3-5-15-30-23(29)19(4-2)16-25-22(28)20-7-6-14-26(17-20)21(27)9-8-18-10-12-24-13-11-18;/h2,18-20,24H,3,5-17H2,1H3,(H,25,28);1H/t19-,20+;/m0./s1. The molecular weight excluding hydrogens is 418 g/mol. The molecule has 176 valence electrons. The second-order valence-corrected chi connectivity index (χ2v) is 8.40. The van der Waals surface area contributed by atoms with Crippen molar-refractivity contribution in [1.82, 2.24) is 15.5 Å². The van der Waals surface area contributed by atoms with Gasteiger partial charge in [-0.15, -0.1) is 18.8 Å². The molecule has 0 saturated carbocycles. The summed E-state index contributed by atoms with van der Waals surface area (Å²) >= 11 is 0. The maximum atomic E-state index is 12.6. The number of ether oxygens (including phenoxy) is 1. The maximum Gasteiger partial charge on any atom is 0.322 e. The van der Waals surface area contributed by atoms with Crippen LogP contribution in [-0.2, 0) is 19.1 Å². The van der Waals surface area contributed by atoms with Crippen molar-refractivity contribution >= 4 is 30.2 Å². The molecule has 2 aliphatic heterocycles. The second kappa shape index (κ2) is 15.1. The van der Waals surface area contributed by atoms with Crippen LogP contribution in [0.2, 0.25) is 0 Å². The van der Waals surface area contributed by atoms with Crippen molar-refractivity contribution in [3.05, 3.63) is 0 Å². The number of terminal acetylenes is 1. The van der Waals surface area contributed by atoms with Gasteiger partial charge in [-0.1, -0.05) is 19.3 Å². The molecule has 0 unspecified atom stereocenters. The third-order valence-electron chi connectivity index (χ3n) is 6.08. The number of esters is 1. The highest BCUT2D eigenvalue weighted by Gasteiger charge is 2.29. The molecule has 2 heterocycles. The number of nitrogens with one attached hydrogen (secondary N) is 2. The largest absolute Gasteiger partial charge is 0.465 e. The SMILES string of the molecule is C#C[C@@H](CNC(=O)[C@@H]1CCCN(C(=O)CCC2CCNCC2)C1)C(=O)OCCCC.Cl. The fraction of sp³-hybridized carbons (Fsp3) is 0.783. The van der Waals surface area contributed by atoms with Crippen molar-refractivity contribution in [2.24, 2.45) is 17.8 Å². The Hall–Kier alpha value is -1.78. The molecule has 0 bridgehead atoms. The molecule has 2 atom stereocenters. The lowest BCUT2D eigenvalue weighted by Crippen LogP contribution is -2.46. The minimum Gasteiger partial charge on any atom is -0.465 e. The summed E-state index contributed by atoms with van der Waals surface area (Å²) in [5, 5.41) is 6.14. The molecule has 2 saturated heterocycles. The average molecular weight is 456 g/mol. The predicted molar refractivity (Wildman–Crippen MR) is 123 cm³/mol. The van der Waals surface area contributed by atoms with Gasteiger partial charge < -0.3 is 20.3 Å². The molecule has 0 spiro atoms. The zero-order valence-electron chi connectivity index (χ0n) is 18.7. The predicted octanol–water partition coefficient (Wildman–Crippen LogP) is 2.14. The van der Waals surface area contributed by atoms with E-state index in [4.69, 9.17) is 11.2 Å². The third-order valence-corrected chi connectivity index (χ3v) is 6.08. The Balaban J connectivity index is 0.00000480. The highest BCUT2D eigenvalue weighted by Crippen LogP contribution is 2.21. The first-order chi connectivity index (χ1) is 14.5. The summed E-state index contributed by atoms with van der Waals surface area (Å²) in [4.78, 5) is 39.1. The number of likely N-dealkylation sites (tertiary alicyclic amines) is 1. The zero-order chi connectivity index (χ0) is 21.8. The van der Waals surface area contributed by atoms with E-state index in [2.05, 4.69) is 16.6 Å². The van der Waals surface area contributed by atoms with Crippen LogP contribution in [0.15, 0.2) is 0 Å². The molecule has 7 nitrogen and oxygen atoms in total. The molecule has 0 radical (unpaired) electrons. The van der Waals surface area contributed by atoms with Gasteiger partial charge in [-0.25, -0.2) is 0 Å². The molecule has 8 heteroatoms. The summed E-state index contributed by atoms with van der Waals surface area (Å²) < 4.78 is 5.15. The van der Waals surface area contributed by atoms with E-state index in [1.165, 1.54) is 0 Å². The highest BCUT2D eigenvalue weighted by molar-refractivity contribution is 5.85. The first kappa shape index (κ1) is 27.3. The van der Waals surface area contributed by atoms with Crippen molar-refractivity contribution in [1.29, 1.82) is 0 Å². The molecule has 31 heavy (non-hydrogen) atoms. The number of rotatable bonds is 10. The van der Waals surface area contributed by atoms with Gasteiger partial charge in [-0.2, -0.15) is 0 Å². The van der Waals surface area contributed by atoms with E-state index in [9.17, 15) is 14.4 Å². The Morgan fingerprint density at radius 1 is 1.26 bits per heavy atom. The smallest absolute Gasteiger partial charge is 0.322 e. The Labute approximate surface area is 192 Å². The van der Waals surface area contributed by atoms with Crippen molar-refractivity contribution in [2.45, 2.75) is 58.3 Å². The van der Waals surface area contributed by atoms with E-state index in [0.717, 1.165) is 58.0 Å². The van der Waals surface area contributed by atoms with E-state index < -0.39 is 11.9 Å². The number of halogens is 1. The highest BCUT2D eigenvalue weighted by atomic mass is 35.5. The Morgan fingerprint density at radius 3 is 2.68 bits per heavy atom. The van der Waals surface area contributed by atoms with Crippen molar-refractivity contribution in [2.75, 3.05) is 39.3 Å². The monoisotopic (exact) mass is 455 g/mol. The van der Waals surface area contributed by atoms with Crippen LogP contribution in [0.5, 0.6) is 0 Å². The number of carbonyl (C=O) groups is 3. The number of unbranched alkanes of at least 4 members (excludes halogenated alkanes) is 1. The normalized spacial score (nSPS) is 20.1. The van der Waals surface area contributed by atoms with E-state index in [0.29, 0.717) is 32.0 Å². The van der Waals surface area contributed by atoms with Crippen LogP contribution in [0, 0.1) is 30.1 Å². The van der Waals surface area contributed by atoms with E-state index in [-0.39, 0.29) is 36.7 Å². The van der Waals surface area contributed by atoms with Gasteiger partial charge in [-0.3, -0.25) is 14.4 Å². The van der Waals surface area contributed by atoms with Crippen LogP contribution in [0.25, 0.3) is 0 Å². The molecule has 0 aromatic carbocycles. The number of carbonyl (C=O) groups excluding carboxylic acids is 3. The van der Waals surface area contributed by atoms with Gasteiger partial charge in [0.15, 0.2) is 0 Å². The summed E-state index contributed by atoms with van der Waals surface area (Å²) in [7, 11) is 0. The number of nitrogens with zero attached hydrogens (tertiary/aromatic N) is 1. The maximum absolute atomic E-state index is 12.6. The van der Waals surface area contributed by atoms with Crippen molar-refractivity contribution in [3.63, 3.8) is 0 Å². The Kier molecular flexibility index (Phi) is 13.3. The van der Waals surface area contributed by atoms with Gasteiger partial charge in [0.1, 0.15) is 5.92 Å². The summed E-state index contributed by atoms with van der Waals surface area (Å²) in [6, 6.07) is 0. The first-order valence-corrected chi connectivity index (χ1v) is 11.4. The summed E-state index contributed by atoms with van der Waals surface area (Å²) in [5.74, 6) is 1.52. The molecule has 0 aromatic rings. The average Bonchev–Trinajstić information content (AvgIpc) is 2.78. The van der Waals surface area contributed by atoms with E-state index >= 15 is 0 Å². The van der Waals surface area contributed by atoms with Gasteiger partial charge in [0.2, 0.25) is 11.8 Å². The van der Waals surface area contributed by atoms with Crippen LogP contribution in [-0.4, -0.2) is 62.0 Å². The second-order valence-electron chi connectivity index (χ2n) is 8.40. The third kappa shape index (κ3) is 9.49. The Bertz CT molecular complexity index is 616. The van der Waals surface area contributed by atoms with Gasteiger partial charge in [0.25, 0.3) is 0 Å². The van der Waals surface area contributed by atoms with Gasteiger partial charge in [0.05, 0.1) is 12.5 Å². The van der Waals surface area contributed by atoms with Crippen LogP contribution < -0.4 is 10.6 Å². The lowest BCUT2D eigenvalue weighted by atomic mass is 9.92. The summed E-state index contributed by atoms with van der Waals surface area (Å²) in [6.07, 6.45) is 12.5. The number of hydrogen-bond acceptors (Lipinski definition) is 5. The molecule has 2 rings (SSSR count). The molecule has 2 amide bonds. The lowest BCUT2D eigenvalue weighted by Gasteiger charge is -2.33. The molecule has 0 aromatic heterocycles. The van der Waals surface area contributed by atoms with Gasteiger partial charge >= 0.3 is 5.97 Å². The van der Waals surface area contributed by atoms with Crippen LogP contribution >= 0.6 is 12.4 Å². The molecule has 2 N–H and O–H groups in total. The zero-order valence-corrected chi connectivity index (χ0v) is 19.5. The van der Waals surface area contributed by atoms with Crippen molar-refractivity contribution < 1.29 is 19.1 Å². The van der Waals surface area contributed by atoms with Crippen molar-refractivity contribution in [3.8, 4) is 12.3 Å². The van der Waals surface area contributed by atoms with Gasteiger partial charge in [0, 0.05) is 26.1 Å². The van der Waals surface area contributed by atoms with E-state index in [1.807, 2.05) is 11.8 Å². The minimum atomic E-state index is -0.780. The molecule has 0 aliphatic carbocycles. The molecular formula is C23H38ClN3O4. The van der Waals surface area contributed by atoms with Crippen LogP contribution in [0.1, 0.15) is 58.3 Å². The quantitative estimate of drug-likeness (QED) is 0.299. The fourth-order valence-corrected chi connectivity index (χ4v) is 4.05. The molecule has 2 fully saturated rings. The van der Waals surface area contributed by atoms with E-state index in [1.54, 1.807) is 0 Å². The first-order valence-electron chi connectivity index (χ1n) is 11.4. The van der Waals surface area contributed by atoms with Crippen LogP contribution in [0.4, 0.5) is 0 Å². The van der Waals surface area contributed by atoms with Gasteiger partial charge in [-0.05, 0) is 57.5 Å². The van der Waals surface area contributed by atoms with Crippen LogP contribution in [0.3, 0.4) is 0 Å². The number of piperidine rings is 2. The number of hydrogen-bond donors (Lipinski definition) is 2. The fourth-order valence-electron chi connectivity index (χ4n) is 4.05. The molecule has 2 aliphatic rings. The Morgan fingerprint density at radius 2 is 2.00 bits per heavy atom. The summed E-state index contributed by atoms with van der Waals surface area (Å²) in [6.45, 7) is 5.66. The number of amides is 2. The minimum absolute atomic E-state index is 0. The lowest BCUT2D eigenvalue weighted by molar-refractivity contribution is -0.146.